The zero-order valence-corrected chi connectivity index (χ0v) is 17.3. The highest BCUT2D eigenvalue weighted by molar-refractivity contribution is 6.09. The van der Waals surface area contributed by atoms with Crippen molar-refractivity contribution in [1.29, 1.82) is 0 Å². The fourth-order valence-corrected chi connectivity index (χ4v) is 3.32. The summed E-state index contributed by atoms with van der Waals surface area (Å²) in [5.74, 6) is -0.616. The first-order valence-electron chi connectivity index (χ1n) is 9.66. The number of rotatable bonds is 9. The maximum absolute atomic E-state index is 13.2. The van der Waals surface area contributed by atoms with Gasteiger partial charge in [0.15, 0.2) is 0 Å². The third kappa shape index (κ3) is 4.49. The maximum atomic E-state index is 13.2. The van der Waals surface area contributed by atoms with Crippen LogP contribution >= 0.6 is 0 Å². The summed E-state index contributed by atoms with van der Waals surface area (Å²) in [7, 11) is 1.54. The summed E-state index contributed by atoms with van der Waals surface area (Å²) >= 11 is 0. The number of methoxy groups -OCH3 is 1. The summed E-state index contributed by atoms with van der Waals surface area (Å²) < 4.78 is 5.14. The number of ether oxygens (including phenoxy) is 1. The van der Waals surface area contributed by atoms with Crippen LogP contribution in [0.1, 0.15) is 32.8 Å². The number of imide groups is 1. The van der Waals surface area contributed by atoms with E-state index in [0.717, 1.165) is 4.90 Å². The molecule has 0 radical (unpaired) electrons. The highest BCUT2D eigenvalue weighted by atomic mass is 16.5. The van der Waals surface area contributed by atoms with Crippen LogP contribution in [0.15, 0.2) is 24.3 Å². The second-order valence-electron chi connectivity index (χ2n) is 6.67. The Hall–Kier alpha value is -3.10. The van der Waals surface area contributed by atoms with Crippen molar-refractivity contribution in [3.63, 3.8) is 0 Å². The number of nitrogens with one attached hydrogen (secondary N) is 2. The molecule has 158 valence electrons. The minimum atomic E-state index is -1.24. The second-order valence-corrected chi connectivity index (χ2v) is 6.67. The zero-order chi connectivity index (χ0) is 21.6. The van der Waals surface area contributed by atoms with Crippen LogP contribution in [-0.4, -0.2) is 66.8 Å². The van der Waals surface area contributed by atoms with E-state index in [1.165, 1.54) is 4.90 Å². The molecule has 1 saturated heterocycles. The van der Waals surface area contributed by atoms with Gasteiger partial charge in [-0.15, -0.1) is 0 Å². The summed E-state index contributed by atoms with van der Waals surface area (Å²) in [6.07, 6.45) is 0.324. The lowest BCUT2D eigenvalue weighted by molar-refractivity contribution is -0.140. The van der Waals surface area contributed by atoms with Crippen LogP contribution in [0.5, 0.6) is 5.75 Å². The topological polar surface area (TPSA) is 108 Å². The van der Waals surface area contributed by atoms with E-state index in [9.17, 15) is 19.2 Å². The highest BCUT2D eigenvalue weighted by Crippen LogP contribution is 2.33. The van der Waals surface area contributed by atoms with Gasteiger partial charge in [0.05, 0.1) is 13.7 Å². The molecule has 9 nitrogen and oxygen atoms in total. The van der Waals surface area contributed by atoms with Crippen LogP contribution in [0.2, 0.25) is 0 Å². The Bertz CT molecular complexity index is 780. The minimum absolute atomic E-state index is 0.121. The van der Waals surface area contributed by atoms with Crippen molar-refractivity contribution in [2.45, 2.75) is 32.7 Å². The Labute approximate surface area is 170 Å². The summed E-state index contributed by atoms with van der Waals surface area (Å²) in [6.45, 7) is 5.51. The number of nitrogens with zero attached hydrogens (tertiary/aromatic N) is 2. The molecule has 1 atom stereocenters. The number of hydrogen-bond acceptors (Lipinski definition) is 5. The zero-order valence-electron chi connectivity index (χ0n) is 17.3. The van der Waals surface area contributed by atoms with Gasteiger partial charge in [0.1, 0.15) is 17.8 Å². The third-order valence-corrected chi connectivity index (χ3v) is 5.03. The first kappa shape index (κ1) is 22.2. The van der Waals surface area contributed by atoms with Crippen molar-refractivity contribution >= 4 is 23.8 Å². The molecule has 2 N–H and O–H groups in total. The van der Waals surface area contributed by atoms with Gasteiger partial charge in [-0.05, 0) is 38.0 Å². The lowest BCUT2D eigenvalue weighted by Gasteiger charge is -2.26. The van der Waals surface area contributed by atoms with E-state index in [1.54, 1.807) is 52.1 Å². The van der Waals surface area contributed by atoms with Crippen LogP contribution in [0.25, 0.3) is 0 Å². The molecule has 0 bridgehead atoms. The number of urea groups is 1. The predicted molar refractivity (Wildman–Crippen MR) is 106 cm³/mol. The summed E-state index contributed by atoms with van der Waals surface area (Å²) in [5.41, 5.74) is -0.621. The van der Waals surface area contributed by atoms with Crippen molar-refractivity contribution < 1.29 is 23.9 Å². The van der Waals surface area contributed by atoms with Crippen molar-refractivity contribution in [2.75, 3.05) is 33.3 Å². The number of carbonyl (C=O) groups is 4. The van der Waals surface area contributed by atoms with Gasteiger partial charge in [-0.2, -0.15) is 0 Å². The van der Waals surface area contributed by atoms with E-state index in [1.807, 2.05) is 0 Å². The Morgan fingerprint density at radius 2 is 1.83 bits per heavy atom. The van der Waals surface area contributed by atoms with Gasteiger partial charge in [0.2, 0.25) is 11.8 Å². The molecule has 5 amide bonds. The SMILES string of the molecule is CCNC(=O)CN(CC)C(=O)CN1C(=O)N[C@](CC)(c2ccc(OC)cc2)C1=O. The van der Waals surface area contributed by atoms with Crippen LogP contribution < -0.4 is 15.4 Å². The fourth-order valence-electron chi connectivity index (χ4n) is 3.32. The summed E-state index contributed by atoms with van der Waals surface area (Å²) in [5, 5.41) is 5.37. The van der Waals surface area contributed by atoms with Crippen LogP contribution in [0.3, 0.4) is 0 Å². The first-order chi connectivity index (χ1) is 13.8. The lowest BCUT2D eigenvalue weighted by atomic mass is 9.87. The van der Waals surface area contributed by atoms with Gasteiger partial charge < -0.3 is 20.3 Å². The van der Waals surface area contributed by atoms with Gasteiger partial charge in [0, 0.05) is 13.1 Å². The predicted octanol–water partition coefficient (Wildman–Crippen LogP) is 0.837. The van der Waals surface area contributed by atoms with Gasteiger partial charge in [-0.3, -0.25) is 19.3 Å². The molecule has 0 unspecified atom stereocenters. The molecule has 1 heterocycles. The van der Waals surface area contributed by atoms with E-state index >= 15 is 0 Å². The number of benzene rings is 1. The van der Waals surface area contributed by atoms with Gasteiger partial charge in [-0.25, -0.2) is 4.79 Å². The van der Waals surface area contributed by atoms with E-state index in [4.69, 9.17) is 4.74 Å². The number of hydrogen-bond donors (Lipinski definition) is 2. The Balaban J connectivity index is 2.19. The molecule has 1 aliphatic heterocycles. The average Bonchev–Trinajstić information content (AvgIpc) is 2.97. The van der Waals surface area contributed by atoms with E-state index in [0.29, 0.717) is 24.3 Å². The molecule has 0 saturated carbocycles. The molecular weight excluding hydrogens is 376 g/mol. The van der Waals surface area contributed by atoms with Crippen LogP contribution in [-0.2, 0) is 19.9 Å². The quantitative estimate of drug-likeness (QED) is 0.593. The van der Waals surface area contributed by atoms with E-state index in [2.05, 4.69) is 10.6 Å². The van der Waals surface area contributed by atoms with Crippen molar-refractivity contribution in [2.24, 2.45) is 0 Å². The molecular formula is C20H28N4O5. The van der Waals surface area contributed by atoms with Crippen LogP contribution in [0, 0.1) is 0 Å². The Kier molecular flexibility index (Phi) is 7.19. The molecule has 29 heavy (non-hydrogen) atoms. The summed E-state index contributed by atoms with van der Waals surface area (Å²) in [6, 6.07) is 6.24. The Morgan fingerprint density at radius 1 is 1.17 bits per heavy atom. The molecule has 2 rings (SSSR count). The minimum Gasteiger partial charge on any atom is -0.497 e. The van der Waals surface area contributed by atoms with Crippen molar-refractivity contribution in [1.82, 2.24) is 20.4 Å². The summed E-state index contributed by atoms with van der Waals surface area (Å²) in [4.78, 5) is 52.4. The van der Waals surface area contributed by atoms with Gasteiger partial charge in [0.25, 0.3) is 5.91 Å². The van der Waals surface area contributed by atoms with Gasteiger partial charge >= 0.3 is 6.03 Å². The fraction of sp³-hybridized carbons (Fsp3) is 0.500. The average molecular weight is 404 g/mol. The highest BCUT2D eigenvalue weighted by Gasteiger charge is 2.51. The Morgan fingerprint density at radius 3 is 2.34 bits per heavy atom. The standard InChI is InChI=1S/C20H28N4O5/c1-5-20(14-8-10-15(29-4)11-9-14)18(27)24(19(28)22-20)13-17(26)23(7-3)12-16(25)21-6-2/h8-11H,5-7,12-13H2,1-4H3,(H,21,25)(H,22,28)/t20-/m1/s1. The maximum Gasteiger partial charge on any atom is 0.325 e. The smallest absolute Gasteiger partial charge is 0.325 e. The monoisotopic (exact) mass is 404 g/mol. The first-order valence-corrected chi connectivity index (χ1v) is 9.66. The normalized spacial score (nSPS) is 18.4. The molecule has 0 aliphatic carbocycles. The van der Waals surface area contributed by atoms with E-state index < -0.39 is 29.9 Å². The lowest BCUT2D eigenvalue weighted by Crippen LogP contribution is -2.47. The third-order valence-electron chi connectivity index (χ3n) is 5.03. The van der Waals surface area contributed by atoms with Crippen LogP contribution in [0.4, 0.5) is 4.79 Å². The molecule has 1 aliphatic rings. The number of carbonyl (C=O) groups excluding carboxylic acids is 4. The van der Waals surface area contributed by atoms with Crippen molar-refractivity contribution in [3.05, 3.63) is 29.8 Å². The molecule has 9 heteroatoms. The molecule has 0 spiro atoms. The van der Waals surface area contributed by atoms with Gasteiger partial charge in [-0.1, -0.05) is 19.1 Å². The largest absolute Gasteiger partial charge is 0.497 e. The van der Waals surface area contributed by atoms with Crippen molar-refractivity contribution in [3.8, 4) is 5.75 Å². The molecule has 1 aromatic carbocycles. The molecule has 0 aromatic heterocycles. The molecule has 1 fully saturated rings. The van der Waals surface area contributed by atoms with E-state index in [-0.39, 0.29) is 19.0 Å². The molecule has 1 aromatic rings. The number of amides is 5. The number of likely N-dealkylation sites (N-methyl/N-ethyl adjacent to an activating group) is 2. The second kappa shape index (κ2) is 9.40.